The molecule has 0 aliphatic carbocycles. The maximum absolute atomic E-state index is 13.0. The SMILES string of the molecule is CCn1c2ccccc2c2cc(NC(=O)c3sc(-c4ncccn4)nc3C)ccc21. The number of nitrogens with one attached hydrogen (secondary N) is 1. The fraction of sp³-hybridized carbons (Fsp3) is 0.130. The quantitative estimate of drug-likeness (QED) is 0.435. The summed E-state index contributed by atoms with van der Waals surface area (Å²) in [4.78, 5) is 26.4. The molecule has 5 aromatic rings. The minimum absolute atomic E-state index is 0.175. The van der Waals surface area contributed by atoms with Gasteiger partial charge >= 0.3 is 0 Å². The second kappa shape index (κ2) is 7.35. The van der Waals surface area contributed by atoms with Crippen LogP contribution in [0.2, 0.25) is 0 Å². The van der Waals surface area contributed by atoms with Crippen LogP contribution in [0, 0.1) is 6.92 Å². The third-order valence-electron chi connectivity index (χ3n) is 5.11. The van der Waals surface area contributed by atoms with E-state index in [-0.39, 0.29) is 5.91 Å². The lowest BCUT2D eigenvalue weighted by Gasteiger charge is -2.06. The molecule has 0 radical (unpaired) electrons. The molecule has 5 rings (SSSR count). The van der Waals surface area contributed by atoms with Crippen LogP contribution in [0.1, 0.15) is 22.3 Å². The molecule has 0 aliphatic rings. The molecule has 3 aromatic heterocycles. The summed E-state index contributed by atoms with van der Waals surface area (Å²) < 4.78 is 2.29. The van der Waals surface area contributed by atoms with Gasteiger partial charge in [0.15, 0.2) is 10.8 Å². The van der Waals surface area contributed by atoms with E-state index in [1.165, 1.54) is 22.2 Å². The molecule has 0 atom stereocenters. The van der Waals surface area contributed by atoms with Gasteiger partial charge in [-0.3, -0.25) is 4.79 Å². The van der Waals surface area contributed by atoms with Gasteiger partial charge in [-0.25, -0.2) is 15.0 Å². The zero-order valence-corrected chi connectivity index (χ0v) is 17.4. The van der Waals surface area contributed by atoms with Gasteiger partial charge in [-0.15, -0.1) is 11.3 Å². The van der Waals surface area contributed by atoms with Crippen molar-refractivity contribution in [1.82, 2.24) is 19.5 Å². The summed E-state index contributed by atoms with van der Waals surface area (Å²) in [7, 11) is 0. The third kappa shape index (κ3) is 3.04. The smallest absolute Gasteiger partial charge is 0.267 e. The van der Waals surface area contributed by atoms with E-state index in [4.69, 9.17) is 0 Å². The molecule has 0 fully saturated rings. The van der Waals surface area contributed by atoms with Crippen molar-refractivity contribution in [1.29, 1.82) is 0 Å². The number of para-hydroxylation sites is 1. The molecule has 0 unspecified atom stereocenters. The first kappa shape index (κ1) is 18.4. The highest BCUT2D eigenvalue weighted by molar-refractivity contribution is 7.17. The fourth-order valence-corrected chi connectivity index (χ4v) is 4.68. The Morgan fingerprint density at radius 3 is 2.60 bits per heavy atom. The Kier molecular flexibility index (Phi) is 4.52. The number of benzene rings is 2. The molecule has 0 spiro atoms. The van der Waals surface area contributed by atoms with Crippen LogP contribution in [0.25, 0.3) is 32.6 Å². The summed E-state index contributed by atoms with van der Waals surface area (Å²) in [5.74, 6) is 0.351. The predicted molar refractivity (Wildman–Crippen MR) is 121 cm³/mol. The molecule has 0 saturated heterocycles. The Labute approximate surface area is 177 Å². The van der Waals surface area contributed by atoms with Crippen molar-refractivity contribution in [2.75, 3.05) is 5.32 Å². The minimum Gasteiger partial charge on any atom is -0.341 e. The number of hydrogen-bond acceptors (Lipinski definition) is 5. The van der Waals surface area contributed by atoms with Gasteiger partial charge < -0.3 is 9.88 Å². The third-order valence-corrected chi connectivity index (χ3v) is 6.26. The van der Waals surface area contributed by atoms with Crippen LogP contribution < -0.4 is 5.32 Å². The number of amides is 1. The Morgan fingerprint density at radius 2 is 1.80 bits per heavy atom. The zero-order valence-electron chi connectivity index (χ0n) is 16.6. The summed E-state index contributed by atoms with van der Waals surface area (Å²) in [5, 5.41) is 5.98. The number of carbonyl (C=O) groups is 1. The first-order chi connectivity index (χ1) is 14.7. The molecule has 0 aliphatic heterocycles. The summed E-state index contributed by atoms with van der Waals surface area (Å²) in [6.45, 7) is 4.86. The zero-order chi connectivity index (χ0) is 20.7. The van der Waals surface area contributed by atoms with Crippen LogP contribution in [-0.4, -0.2) is 25.4 Å². The summed E-state index contributed by atoms with van der Waals surface area (Å²) in [5.41, 5.74) is 3.79. The van der Waals surface area contributed by atoms with Gasteiger partial charge in [0, 0.05) is 46.4 Å². The number of aromatic nitrogens is 4. The van der Waals surface area contributed by atoms with Crippen LogP contribution in [0.5, 0.6) is 0 Å². The average Bonchev–Trinajstić information content (AvgIpc) is 3.32. The van der Waals surface area contributed by atoms with Crippen molar-refractivity contribution >= 4 is 44.7 Å². The van der Waals surface area contributed by atoms with E-state index in [2.05, 4.69) is 56.0 Å². The highest BCUT2D eigenvalue weighted by Gasteiger charge is 2.18. The van der Waals surface area contributed by atoms with Crippen LogP contribution in [0.3, 0.4) is 0 Å². The van der Waals surface area contributed by atoms with Crippen molar-refractivity contribution in [3.63, 3.8) is 0 Å². The van der Waals surface area contributed by atoms with Crippen molar-refractivity contribution in [3.05, 3.63) is 71.5 Å². The molecule has 3 heterocycles. The molecule has 30 heavy (non-hydrogen) atoms. The molecular formula is C23H19N5OS. The normalized spacial score (nSPS) is 11.3. The molecule has 0 saturated carbocycles. The highest BCUT2D eigenvalue weighted by Crippen LogP contribution is 2.32. The number of nitrogens with zero attached hydrogens (tertiary/aromatic N) is 4. The highest BCUT2D eigenvalue weighted by atomic mass is 32.1. The van der Waals surface area contributed by atoms with E-state index in [1.807, 2.05) is 25.1 Å². The van der Waals surface area contributed by atoms with Crippen molar-refractivity contribution in [3.8, 4) is 10.8 Å². The second-order valence-corrected chi connectivity index (χ2v) is 7.95. The van der Waals surface area contributed by atoms with Gasteiger partial charge in [0.1, 0.15) is 4.88 Å². The lowest BCUT2D eigenvalue weighted by atomic mass is 10.1. The van der Waals surface area contributed by atoms with Crippen LogP contribution in [-0.2, 0) is 6.54 Å². The summed E-state index contributed by atoms with van der Waals surface area (Å²) in [6.07, 6.45) is 3.33. The fourth-order valence-electron chi connectivity index (χ4n) is 3.77. The Hall–Kier alpha value is -3.58. The van der Waals surface area contributed by atoms with Gasteiger partial charge in [0.05, 0.1) is 5.69 Å². The molecule has 1 amide bonds. The average molecular weight is 414 g/mol. The van der Waals surface area contributed by atoms with E-state index in [9.17, 15) is 4.79 Å². The molecule has 2 aromatic carbocycles. The molecule has 7 heteroatoms. The number of carbonyl (C=O) groups excluding carboxylic acids is 1. The number of fused-ring (bicyclic) bond motifs is 3. The minimum atomic E-state index is -0.175. The van der Waals surface area contributed by atoms with E-state index in [0.717, 1.165) is 23.1 Å². The van der Waals surface area contributed by atoms with Gasteiger partial charge in [-0.2, -0.15) is 0 Å². The van der Waals surface area contributed by atoms with E-state index in [0.29, 0.717) is 21.4 Å². The topological polar surface area (TPSA) is 72.7 Å². The maximum Gasteiger partial charge on any atom is 0.267 e. The Bertz CT molecular complexity index is 1390. The Morgan fingerprint density at radius 1 is 1.03 bits per heavy atom. The molecule has 0 bridgehead atoms. The largest absolute Gasteiger partial charge is 0.341 e. The van der Waals surface area contributed by atoms with E-state index < -0.39 is 0 Å². The van der Waals surface area contributed by atoms with Gasteiger partial charge in [-0.05, 0) is 44.2 Å². The van der Waals surface area contributed by atoms with E-state index >= 15 is 0 Å². The molecule has 148 valence electrons. The number of anilines is 1. The Balaban J connectivity index is 1.50. The van der Waals surface area contributed by atoms with Crippen molar-refractivity contribution in [2.45, 2.75) is 20.4 Å². The van der Waals surface area contributed by atoms with Crippen molar-refractivity contribution < 1.29 is 4.79 Å². The van der Waals surface area contributed by atoms with Gasteiger partial charge in [0.2, 0.25) is 0 Å². The molecule has 6 nitrogen and oxygen atoms in total. The number of thiazole rings is 1. The lowest BCUT2D eigenvalue weighted by molar-refractivity contribution is 0.103. The number of aryl methyl sites for hydroxylation is 2. The first-order valence-corrected chi connectivity index (χ1v) is 10.5. The van der Waals surface area contributed by atoms with Gasteiger partial charge in [-0.1, -0.05) is 18.2 Å². The van der Waals surface area contributed by atoms with Crippen LogP contribution in [0.15, 0.2) is 60.9 Å². The second-order valence-electron chi connectivity index (χ2n) is 6.95. The standard InChI is InChI=1S/C23H19N5OS/c1-3-28-18-8-5-4-7-16(18)17-13-15(9-10-19(17)28)27-22(29)20-14(2)26-23(30-20)21-24-11-6-12-25-21/h4-13H,3H2,1-2H3,(H,27,29). The van der Waals surface area contributed by atoms with E-state index in [1.54, 1.807) is 18.5 Å². The number of rotatable bonds is 4. The number of hydrogen-bond donors (Lipinski definition) is 1. The molecular weight excluding hydrogens is 394 g/mol. The van der Waals surface area contributed by atoms with Crippen LogP contribution >= 0.6 is 11.3 Å². The maximum atomic E-state index is 13.0. The molecule has 1 N–H and O–H groups in total. The first-order valence-electron chi connectivity index (χ1n) is 9.73. The monoisotopic (exact) mass is 413 g/mol. The van der Waals surface area contributed by atoms with Crippen LogP contribution in [0.4, 0.5) is 5.69 Å². The predicted octanol–water partition coefficient (Wildman–Crippen LogP) is 5.29. The summed E-state index contributed by atoms with van der Waals surface area (Å²) in [6, 6.07) is 16.2. The van der Waals surface area contributed by atoms with Gasteiger partial charge in [0.25, 0.3) is 5.91 Å². The van der Waals surface area contributed by atoms with Crippen molar-refractivity contribution in [2.24, 2.45) is 0 Å². The lowest BCUT2D eigenvalue weighted by Crippen LogP contribution is -2.11. The summed E-state index contributed by atoms with van der Waals surface area (Å²) >= 11 is 1.30.